The fourth-order valence-electron chi connectivity index (χ4n) is 2.46. The highest BCUT2D eigenvalue weighted by atomic mass is 32.2. The molecule has 0 bridgehead atoms. The summed E-state index contributed by atoms with van der Waals surface area (Å²) in [4.78, 5) is 0. The van der Waals surface area contributed by atoms with Crippen LogP contribution in [0.1, 0.15) is 46.0 Å². The summed E-state index contributed by atoms with van der Waals surface area (Å²) in [5.74, 6) is 0. The fourth-order valence-corrected chi connectivity index (χ4v) is 3.86. The van der Waals surface area contributed by atoms with Gasteiger partial charge in [-0.1, -0.05) is 20.3 Å². The van der Waals surface area contributed by atoms with Crippen molar-refractivity contribution in [2.24, 2.45) is 0 Å². The smallest absolute Gasteiger partial charge is 0.151 e. The summed E-state index contributed by atoms with van der Waals surface area (Å²) in [5, 5.41) is 3.34. The maximum Gasteiger partial charge on any atom is 0.151 e. The molecule has 90 valence electrons. The summed E-state index contributed by atoms with van der Waals surface area (Å²) in [6.07, 6.45) is 6.39. The Morgan fingerprint density at radius 3 is 2.33 bits per heavy atom. The van der Waals surface area contributed by atoms with E-state index in [1.165, 1.54) is 6.26 Å². The van der Waals surface area contributed by atoms with Crippen LogP contribution < -0.4 is 5.32 Å². The Hall–Kier alpha value is -0.0900. The third-order valence-corrected chi connectivity index (χ3v) is 5.10. The van der Waals surface area contributed by atoms with Gasteiger partial charge >= 0.3 is 0 Å². The second kappa shape index (κ2) is 5.30. The molecule has 2 atom stereocenters. The lowest BCUT2D eigenvalue weighted by molar-refractivity contribution is 0.409. The monoisotopic (exact) mass is 233 g/mol. The van der Waals surface area contributed by atoms with E-state index in [1.807, 2.05) is 0 Å². The number of rotatable bonds is 5. The summed E-state index contributed by atoms with van der Waals surface area (Å²) in [5.41, 5.74) is 0. The van der Waals surface area contributed by atoms with Gasteiger partial charge in [0, 0.05) is 18.3 Å². The van der Waals surface area contributed by atoms with Crippen LogP contribution in [0.25, 0.3) is 0 Å². The Balaban J connectivity index is 2.61. The lowest BCUT2D eigenvalue weighted by Crippen LogP contribution is -2.44. The first-order chi connectivity index (χ1) is 6.99. The standard InChI is InChI=1S/C11H23NO2S/c1-4-9(5-2)12-10-7-6-8-11(10)15(3,13)14/h9-12H,4-8H2,1-3H3. The molecule has 15 heavy (non-hydrogen) atoms. The topological polar surface area (TPSA) is 46.2 Å². The maximum atomic E-state index is 11.6. The zero-order chi connectivity index (χ0) is 11.5. The minimum absolute atomic E-state index is 0.155. The van der Waals surface area contributed by atoms with Crippen molar-refractivity contribution >= 4 is 9.84 Å². The molecule has 0 saturated heterocycles. The highest BCUT2D eigenvalue weighted by molar-refractivity contribution is 7.91. The molecule has 1 aliphatic rings. The zero-order valence-corrected chi connectivity index (χ0v) is 10.8. The van der Waals surface area contributed by atoms with E-state index in [-0.39, 0.29) is 11.3 Å². The number of nitrogens with one attached hydrogen (secondary N) is 1. The van der Waals surface area contributed by atoms with Gasteiger partial charge in [-0.3, -0.25) is 0 Å². The molecule has 0 aromatic carbocycles. The molecule has 3 nitrogen and oxygen atoms in total. The SMILES string of the molecule is CCC(CC)NC1CCCC1S(C)(=O)=O. The summed E-state index contributed by atoms with van der Waals surface area (Å²) < 4.78 is 23.1. The van der Waals surface area contributed by atoms with E-state index in [9.17, 15) is 8.42 Å². The van der Waals surface area contributed by atoms with Crippen LogP contribution in [0.15, 0.2) is 0 Å². The van der Waals surface area contributed by atoms with Gasteiger partial charge < -0.3 is 5.32 Å². The molecule has 1 fully saturated rings. The highest BCUT2D eigenvalue weighted by Crippen LogP contribution is 2.25. The first-order valence-electron chi connectivity index (χ1n) is 5.94. The summed E-state index contributed by atoms with van der Waals surface area (Å²) in [7, 11) is -2.88. The molecule has 0 amide bonds. The van der Waals surface area contributed by atoms with Crippen molar-refractivity contribution in [3.05, 3.63) is 0 Å². The molecule has 0 spiro atoms. The molecule has 1 rings (SSSR count). The molecular weight excluding hydrogens is 210 g/mol. The summed E-state index contributed by atoms with van der Waals surface area (Å²) >= 11 is 0. The Bertz CT molecular complexity index is 283. The van der Waals surface area contributed by atoms with Crippen LogP contribution in [-0.4, -0.2) is 32.0 Å². The van der Waals surface area contributed by atoms with Gasteiger partial charge in [-0.05, 0) is 25.7 Å². The second-order valence-electron chi connectivity index (χ2n) is 4.59. The van der Waals surface area contributed by atoms with Crippen molar-refractivity contribution in [2.45, 2.75) is 63.3 Å². The predicted molar refractivity (Wildman–Crippen MR) is 63.8 cm³/mol. The van der Waals surface area contributed by atoms with E-state index in [2.05, 4.69) is 19.2 Å². The Labute approximate surface area is 93.6 Å². The normalized spacial score (nSPS) is 27.5. The molecule has 2 unspecified atom stereocenters. The van der Waals surface area contributed by atoms with Gasteiger partial charge in [0.1, 0.15) is 0 Å². The van der Waals surface area contributed by atoms with Crippen LogP contribution in [0.4, 0.5) is 0 Å². The minimum atomic E-state index is -2.88. The van der Waals surface area contributed by atoms with Crippen molar-refractivity contribution in [3.8, 4) is 0 Å². The molecular formula is C11H23NO2S. The molecule has 0 aromatic rings. The van der Waals surface area contributed by atoms with E-state index in [0.717, 1.165) is 32.1 Å². The van der Waals surface area contributed by atoms with Crippen LogP contribution in [0.5, 0.6) is 0 Å². The molecule has 4 heteroatoms. The summed E-state index contributed by atoms with van der Waals surface area (Å²) in [6.45, 7) is 4.29. The molecule has 0 aliphatic heterocycles. The Kier molecular flexibility index (Phi) is 4.59. The molecule has 1 aliphatic carbocycles. The first-order valence-corrected chi connectivity index (χ1v) is 7.89. The molecule has 0 heterocycles. The largest absolute Gasteiger partial charge is 0.310 e. The van der Waals surface area contributed by atoms with Gasteiger partial charge in [-0.15, -0.1) is 0 Å². The average Bonchev–Trinajstić information content (AvgIpc) is 2.61. The van der Waals surface area contributed by atoms with Crippen LogP contribution in [0.2, 0.25) is 0 Å². The number of hydrogen-bond donors (Lipinski definition) is 1. The van der Waals surface area contributed by atoms with Crippen LogP contribution in [0.3, 0.4) is 0 Å². The van der Waals surface area contributed by atoms with Gasteiger partial charge in [0.05, 0.1) is 5.25 Å². The van der Waals surface area contributed by atoms with Crippen LogP contribution >= 0.6 is 0 Å². The molecule has 0 aromatic heterocycles. The van der Waals surface area contributed by atoms with Crippen molar-refractivity contribution in [3.63, 3.8) is 0 Å². The van der Waals surface area contributed by atoms with Gasteiger partial charge in [0.25, 0.3) is 0 Å². The molecule has 0 radical (unpaired) electrons. The molecule has 1 saturated carbocycles. The minimum Gasteiger partial charge on any atom is -0.310 e. The quantitative estimate of drug-likeness (QED) is 0.786. The fraction of sp³-hybridized carbons (Fsp3) is 1.00. The van der Waals surface area contributed by atoms with Crippen LogP contribution in [-0.2, 0) is 9.84 Å². The van der Waals surface area contributed by atoms with E-state index >= 15 is 0 Å². The van der Waals surface area contributed by atoms with Crippen molar-refractivity contribution in [1.82, 2.24) is 5.32 Å². The van der Waals surface area contributed by atoms with E-state index < -0.39 is 9.84 Å². The third-order valence-electron chi connectivity index (χ3n) is 3.44. The van der Waals surface area contributed by atoms with Crippen LogP contribution in [0, 0.1) is 0 Å². The highest BCUT2D eigenvalue weighted by Gasteiger charge is 2.35. The lowest BCUT2D eigenvalue weighted by Gasteiger charge is -2.24. The number of hydrogen-bond acceptors (Lipinski definition) is 3. The average molecular weight is 233 g/mol. The van der Waals surface area contributed by atoms with Gasteiger partial charge in [-0.2, -0.15) is 0 Å². The van der Waals surface area contributed by atoms with Crippen molar-refractivity contribution in [1.29, 1.82) is 0 Å². The molecule has 1 N–H and O–H groups in total. The van der Waals surface area contributed by atoms with Gasteiger partial charge in [0.2, 0.25) is 0 Å². The first kappa shape index (κ1) is 13.0. The van der Waals surface area contributed by atoms with Gasteiger partial charge in [-0.25, -0.2) is 8.42 Å². The number of sulfone groups is 1. The van der Waals surface area contributed by atoms with E-state index in [0.29, 0.717) is 6.04 Å². The predicted octanol–water partition coefficient (Wildman–Crippen LogP) is 1.73. The Morgan fingerprint density at radius 2 is 1.87 bits per heavy atom. The summed E-state index contributed by atoms with van der Waals surface area (Å²) in [6, 6.07) is 0.655. The third kappa shape index (κ3) is 3.45. The zero-order valence-electron chi connectivity index (χ0n) is 9.99. The van der Waals surface area contributed by atoms with E-state index in [1.54, 1.807) is 0 Å². The lowest BCUT2D eigenvalue weighted by atomic mass is 10.1. The second-order valence-corrected chi connectivity index (χ2v) is 6.85. The Morgan fingerprint density at radius 1 is 1.27 bits per heavy atom. The van der Waals surface area contributed by atoms with Crippen molar-refractivity contribution < 1.29 is 8.42 Å². The van der Waals surface area contributed by atoms with E-state index in [4.69, 9.17) is 0 Å². The van der Waals surface area contributed by atoms with Gasteiger partial charge in [0.15, 0.2) is 9.84 Å². The maximum absolute atomic E-state index is 11.6. The van der Waals surface area contributed by atoms with Crippen molar-refractivity contribution in [2.75, 3.05) is 6.26 Å².